The van der Waals surface area contributed by atoms with E-state index < -0.39 is 71.6 Å². The van der Waals surface area contributed by atoms with Crippen molar-refractivity contribution in [1.82, 2.24) is 25.8 Å². The van der Waals surface area contributed by atoms with Crippen molar-refractivity contribution in [3.63, 3.8) is 0 Å². The van der Waals surface area contributed by atoms with Gasteiger partial charge in [0, 0.05) is 33.7 Å². The van der Waals surface area contributed by atoms with Crippen LogP contribution in [0.2, 0.25) is 0 Å². The normalized spacial score (nSPS) is 21.9. The van der Waals surface area contributed by atoms with Crippen molar-refractivity contribution in [2.24, 2.45) is 29.6 Å². The van der Waals surface area contributed by atoms with E-state index in [2.05, 4.69) is 16.0 Å². The summed E-state index contributed by atoms with van der Waals surface area (Å²) in [6.07, 6.45) is 0.672. The Morgan fingerprint density at radius 2 is 1.53 bits per heavy atom. The predicted octanol–water partition coefficient (Wildman–Crippen LogP) is 4.50. The van der Waals surface area contributed by atoms with E-state index in [0.29, 0.717) is 12.8 Å². The molecule has 1 unspecified atom stereocenters. The van der Waals surface area contributed by atoms with E-state index >= 15 is 0 Å². The molecule has 11 atom stereocenters. The highest BCUT2D eigenvalue weighted by atomic mass is 19.1. The zero-order valence-electron chi connectivity index (χ0n) is 37.4. The van der Waals surface area contributed by atoms with Gasteiger partial charge in [-0.3, -0.25) is 19.2 Å². The van der Waals surface area contributed by atoms with Crippen molar-refractivity contribution in [3.05, 3.63) is 35.6 Å². The fourth-order valence-electron chi connectivity index (χ4n) is 8.50. The van der Waals surface area contributed by atoms with E-state index in [-0.39, 0.29) is 65.8 Å². The molecule has 0 aromatic heterocycles. The van der Waals surface area contributed by atoms with Gasteiger partial charge >= 0.3 is 5.97 Å². The minimum Gasteiger partial charge on any atom is -0.458 e. The molecule has 1 aliphatic heterocycles. The standard InChI is InChI=1S/C44H72FN5O8/c1-15-26(6)38(49(12)42(54)37(25(4)5)48-41(53)36(46-11)24(2)3)34(56-13)23-35(51)50-32-21-29(32)22-33(50)39(57-14)27(7)40(52)47-31(43(55)58-44(8,9)10)20-28-18-16-17-19-30(28)45/h16-19,24-27,29,31-34,36-39,46H,15,20-23H2,1-14H3,(H,47,52)(H,48,53)/t26-,27+,29-,31-,32-,33-,34?,36-,37-,38-,39+/m0/s1. The van der Waals surface area contributed by atoms with Crippen LogP contribution in [0.15, 0.2) is 24.3 Å². The maximum atomic E-state index is 14.7. The first-order valence-electron chi connectivity index (χ1n) is 21.0. The molecule has 1 aromatic rings. The molecule has 1 saturated heterocycles. The van der Waals surface area contributed by atoms with Crippen molar-refractivity contribution in [2.75, 3.05) is 28.3 Å². The molecule has 2 aliphatic rings. The fourth-order valence-corrected chi connectivity index (χ4v) is 8.50. The van der Waals surface area contributed by atoms with Crippen molar-refractivity contribution in [1.29, 1.82) is 0 Å². The molecular formula is C44H72FN5O8. The van der Waals surface area contributed by atoms with E-state index in [1.807, 2.05) is 46.4 Å². The number of fused-ring (bicyclic) bond motifs is 1. The Morgan fingerprint density at radius 3 is 2.05 bits per heavy atom. The number of methoxy groups -OCH3 is 2. The zero-order valence-corrected chi connectivity index (χ0v) is 37.4. The number of carbonyl (C=O) groups is 5. The number of esters is 1. The number of carbonyl (C=O) groups excluding carboxylic acids is 5. The molecule has 3 rings (SSSR count). The molecule has 58 heavy (non-hydrogen) atoms. The quantitative estimate of drug-likeness (QED) is 0.152. The number of hydrogen-bond donors (Lipinski definition) is 3. The average Bonchev–Trinajstić information content (AvgIpc) is 3.81. The minimum absolute atomic E-state index is 0.0117. The van der Waals surface area contributed by atoms with E-state index in [0.717, 1.165) is 6.42 Å². The Bertz CT molecular complexity index is 1570. The summed E-state index contributed by atoms with van der Waals surface area (Å²) in [6, 6.07) is 2.72. The number of halogens is 1. The van der Waals surface area contributed by atoms with Crippen LogP contribution in [-0.4, -0.2) is 122 Å². The summed E-state index contributed by atoms with van der Waals surface area (Å²) in [5.41, 5.74) is -0.580. The molecule has 13 nitrogen and oxygen atoms in total. The number of piperidine rings is 1. The molecular weight excluding hydrogens is 746 g/mol. The van der Waals surface area contributed by atoms with Crippen molar-refractivity contribution >= 4 is 29.6 Å². The van der Waals surface area contributed by atoms with Gasteiger partial charge in [0.1, 0.15) is 23.5 Å². The molecule has 1 aromatic carbocycles. The van der Waals surface area contributed by atoms with Gasteiger partial charge in [0.2, 0.25) is 23.6 Å². The highest BCUT2D eigenvalue weighted by molar-refractivity contribution is 5.90. The summed E-state index contributed by atoms with van der Waals surface area (Å²) in [5.74, 6) is -3.14. The number of rotatable bonds is 21. The number of nitrogens with one attached hydrogen (secondary N) is 3. The molecule has 1 saturated carbocycles. The number of likely N-dealkylation sites (N-methyl/N-ethyl adjacent to an activating group) is 2. The summed E-state index contributed by atoms with van der Waals surface area (Å²) in [6.45, 7) is 18.6. The third-order valence-electron chi connectivity index (χ3n) is 12.0. The lowest BCUT2D eigenvalue weighted by molar-refractivity contribution is -0.159. The Kier molecular flexibility index (Phi) is 17.7. The van der Waals surface area contributed by atoms with Crippen LogP contribution in [0.4, 0.5) is 4.39 Å². The second kappa shape index (κ2) is 21.1. The largest absolute Gasteiger partial charge is 0.458 e. The van der Waals surface area contributed by atoms with Crippen LogP contribution >= 0.6 is 0 Å². The Balaban J connectivity index is 1.84. The van der Waals surface area contributed by atoms with Gasteiger partial charge in [0.15, 0.2) is 0 Å². The minimum atomic E-state index is -1.17. The van der Waals surface area contributed by atoms with Gasteiger partial charge in [0.05, 0.1) is 42.7 Å². The van der Waals surface area contributed by atoms with Crippen LogP contribution in [0.3, 0.4) is 0 Å². The summed E-state index contributed by atoms with van der Waals surface area (Å²) in [7, 11) is 6.48. The van der Waals surface area contributed by atoms with Crippen LogP contribution < -0.4 is 16.0 Å². The molecule has 2 fully saturated rings. The predicted molar refractivity (Wildman–Crippen MR) is 221 cm³/mol. The molecule has 3 N–H and O–H groups in total. The number of amides is 4. The molecule has 0 radical (unpaired) electrons. The third-order valence-corrected chi connectivity index (χ3v) is 12.0. The smallest absolute Gasteiger partial charge is 0.329 e. The SMILES string of the molecule is CC[C@H](C)[C@@H](C(CC(=O)N1[C@H]2C[C@H]2C[C@H]1[C@H](OC)[C@@H](C)C(=O)N[C@@H](Cc1ccccc1F)C(=O)OC(C)(C)C)OC)N(C)C(=O)[C@@H](NC(=O)[C@@H](NC)C(C)C)C(C)C. The topological polar surface area (TPSA) is 156 Å². The van der Waals surface area contributed by atoms with Crippen molar-refractivity contribution in [3.8, 4) is 0 Å². The summed E-state index contributed by atoms with van der Waals surface area (Å²) >= 11 is 0. The first kappa shape index (κ1) is 48.7. The fraction of sp³-hybridized carbons (Fsp3) is 0.750. The third kappa shape index (κ3) is 12.2. The number of nitrogens with zero attached hydrogens (tertiary/aromatic N) is 2. The maximum Gasteiger partial charge on any atom is 0.329 e. The first-order chi connectivity index (χ1) is 27.1. The highest BCUT2D eigenvalue weighted by Gasteiger charge is 2.57. The van der Waals surface area contributed by atoms with Crippen LogP contribution in [0, 0.1) is 35.4 Å². The maximum absolute atomic E-state index is 14.7. The van der Waals surface area contributed by atoms with Gasteiger partial charge in [-0.05, 0) is 76.0 Å². The van der Waals surface area contributed by atoms with Crippen LogP contribution in [-0.2, 0) is 44.6 Å². The van der Waals surface area contributed by atoms with Crippen LogP contribution in [0.25, 0.3) is 0 Å². The number of ether oxygens (including phenoxy) is 3. The summed E-state index contributed by atoms with van der Waals surface area (Å²) in [4.78, 5) is 72.8. The van der Waals surface area contributed by atoms with Gasteiger partial charge in [-0.25, -0.2) is 9.18 Å². The zero-order chi connectivity index (χ0) is 43.8. The lowest BCUT2D eigenvalue weighted by atomic mass is 9.89. The Labute approximate surface area is 346 Å². The molecule has 1 heterocycles. The van der Waals surface area contributed by atoms with Crippen molar-refractivity contribution in [2.45, 2.75) is 155 Å². The highest BCUT2D eigenvalue weighted by Crippen LogP contribution is 2.50. The summed E-state index contributed by atoms with van der Waals surface area (Å²) in [5, 5.41) is 8.84. The lowest BCUT2D eigenvalue weighted by Gasteiger charge is -2.41. The van der Waals surface area contributed by atoms with Crippen molar-refractivity contribution < 1.29 is 42.6 Å². The van der Waals surface area contributed by atoms with Gasteiger partial charge in [-0.1, -0.05) is 73.1 Å². The Morgan fingerprint density at radius 1 is 0.914 bits per heavy atom. The van der Waals surface area contributed by atoms with E-state index in [1.165, 1.54) is 13.2 Å². The second-order valence-corrected chi connectivity index (χ2v) is 18.1. The van der Waals surface area contributed by atoms with E-state index in [9.17, 15) is 28.4 Å². The molecule has 0 bridgehead atoms. The first-order valence-corrected chi connectivity index (χ1v) is 21.0. The van der Waals surface area contributed by atoms with E-state index in [1.54, 1.807) is 72.0 Å². The Hall–Kier alpha value is -3.62. The molecule has 0 spiro atoms. The van der Waals surface area contributed by atoms with Gasteiger partial charge in [-0.15, -0.1) is 0 Å². The summed E-state index contributed by atoms with van der Waals surface area (Å²) < 4.78 is 32.4. The number of likely N-dealkylation sites (tertiary alicyclic amines) is 1. The van der Waals surface area contributed by atoms with Crippen LogP contribution in [0.1, 0.15) is 100 Å². The molecule has 4 amide bonds. The van der Waals surface area contributed by atoms with Crippen LogP contribution in [0.5, 0.6) is 0 Å². The molecule has 14 heteroatoms. The lowest BCUT2D eigenvalue weighted by Crippen LogP contribution is -2.59. The van der Waals surface area contributed by atoms with Gasteiger partial charge in [-0.2, -0.15) is 0 Å². The second-order valence-electron chi connectivity index (χ2n) is 18.1. The van der Waals surface area contributed by atoms with Gasteiger partial charge < -0.3 is 40.0 Å². The van der Waals surface area contributed by atoms with E-state index in [4.69, 9.17) is 14.2 Å². The molecule has 1 aliphatic carbocycles. The number of benzene rings is 1. The number of hydrogen-bond acceptors (Lipinski definition) is 9. The monoisotopic (exact) mass is 818 g/mol. The molecule has 328 valence electrons. The van der Waals surface area contributed by atoms with Gasteiger partial charge in [0.25, 0.3) is 0 Å². The average molecular weight is 818 g/mol.